The third-order valence-electron chi connectivity index (χ3n) is 8.95. The fraction of sp³-hybridized carbons (Fsp3) is 0.630. The maximum atomic E-state index is 13.3. The van der Waals surface area contributed by atoms with Crippen molar-refractivity contribution in [1.82, 2.24) is 10.3 Å². The number of rotatable bonds is 5. The minimum atomic E-state index is 0.197. The highest BCUT2D eigenvalue weighted by Crippen LogP contribution is 2.61. The maximum absolute atomic E-state index is 13.3. The number of aromatic nitrogens is 1. The van der Waals surface area contributed by atoms with Crippen LogP contribution in [0, 0.1) is 30.1 Å². The van der Waals surface area contributed by atoms with Crippen LogP contribution in [-0.2, 0) is 4.79 Å². The lowest BCUT2D eigenvalue weighted by atomic mass is 9.49. The van der Waals surface area contributed by atoms with Gasteiger partial charge in [-0.05, 0) is 106 Å². The standard InChI is InChI=1S/C27H36N4O/c1-17-3-5-23-22(4-6-24(29-23)31-8-7-21(16-31)28-2)26(17)30-25(32)15-27-12-18-9-19(13-27)11-20(10-18)14-27/h3-6,18-21,28H,7-16H2,1-2H3,(H,30,32)/t18?,19?,20?,21-,27?/m0/s1. The van der Waals surface area contributed by atoms with Gasteiger partial charge in [-0.25, -0.2) is 4.98 Å². The molecule has 2 aromatic rings. The summed E-state index contributed by atoms with van der Waals surface area (Å²) in [5, 5.41) is 7.76. The first-order valence-corrected chi connectivity index (χ1v) is 12.6. The number of fused-ring (bicyclic) bond motifs is 1. The van der Waals surface area contributed by atoms with Gasteiger partial charge in [0, 0.05) is 30.9 Å². The number of carbonyl (C=O) groups excluding carboxylic acids is 1. The summed E-state index contributed by atoms with van der Waals surface area (Å²) in [7, 11) is 2.03. The van der Waals surface area contributed by atoms with E-state index in [4.69, 9.17) is 4.98 Å². The van der Waals surface area contributed by atoms with Gasteiger partial charge in [0.1, 0.15) is 5.82 Å². The van der Waals surface area contributed by atoms with Gasteiger partial charge in [0.25, 0.3) is 0 Å². The Bertz CT molecular complexity index is 1010. The molecule has 7 rings (SSSR count). The van der Waals surface area contributed by atoms with Crippen LogP contribution in [0.3, 0.4) is 0 Å². The van der Waals surface area contributed by atoms with E-state index in [1.54, 1.807) is 0 Å². The van der Waals surface area contributed by atoms with Crippen molar-refractivity contribution in [3.63, 3.8) is 0 Å². The third kappa shape index (κ3) is 3.59. The maximum Gasteiger partial charge on any atom is 0.224 e. The molecule has 5 heteroatoms. The van der Waals surface area contributed by atoms with E-state index in [0.29, 0.717) is 12.5 Å². The summed E-state index contributed by atoms with van der Waals surface area (Å²) in [5.74, 6) is 3.87. The Kier molecular flexibility index (Phi) is 4.94. The van der Waals surface area contributed by atoms with E-state index >= 15 is 0 Å². The molecule has 1 aromatic carbocycles. The van der Waals surface area contributed by atoms with E-state index in [1.807, 2.05) is 7.05 Å². The quantitative estimate of drug-likeness (QED) is 0.707. The molecule has 1 aliphatic heterocycles. The van der Waals surface area contributed by atoms with Gasteiger partial charge in [0.15, 0.2) is 0 Å². The van der Waals surface area contributed by atoms with E-state index in [1.165, 1.54) is 38.5 Å². The molecular formula is C27H36N4O. The van der Waals surface area contributed by atoms with Crippen molar-refractivity contribution < 1.29 is 4.79 Å². The molecule has 170 valence electrons. The Hall–Kier alpha value is -2.14. The minimum absolute atomic E-state index is 0.197. The van der Waals surface area contributed by atoms with Crippen LogP contribution in [0.2, 0.25) is 0 Å². The lowest BCUT2D eigenvalue weighted by molar-refractivity contribution is -0.124. The smallest absolute Gasteiger partial charge is 0.224 e. The SMILES string of the molecule is CN[C@H]1CCN(c2ccc3c(NC(=O)CC45CC6CC(CC(C6)C4)C5)c(C)ccc3n2)C1. The summed E-state index contributed by atoms with van der Waals surface area (Å²) in [5.41, 5.74) is 3.29. The minimum Gasteiger partial charge on any atom is -0.355 e. The fourth-order valence-electron chi connectivity index (χ4n) is 7.88. The van der Waals surface area contributed by atoms with Crippen LogP contribution < -0.4 is 15.5 Å². The summed E-state index contributed by atoms with van der Waals surface area (Å²) in [4.78, 5) is 20.6. The van der Waals surface area contributed by atoms with E-state index in [0.717, 1.165) is 65.2 Å². The van der Waals surface area contributed by atoms with E-state index in [-0.39, 0.29) is 11.3 Å². The molecule has 1 aromatic heterocycles. The number of pyridine rings is 1. The van der Waals surface area contributed by atoms with Gasteiger partial charge in [0.05, 0.1) is 11.2 Å². The summed E-state index contributed by atoms with van der Waals surface area (Å²) in [6.07, 6.45) is 9.92. The Balaban J connectivity index is 1.22. The molecule has 32 heavy (non-hydrogen) atoms. The number of likely N-dealkylation sites (N-methyl/N-ethyl adjacent to an activating group) is 1. The monoisotopic (exact) mass is 432 g/mol. The van der Waals surface area contributed by atoms with Gasteiger partial charge in [0.2, 0.25) is 5.91 Å². The number of hydrogen-bond donors (Lipinski definition) is 2. The number of hydrogen-bond acceptors (Lipinski definition) is 4. The topological polar surface area (TPSA) is 57.3 Å². The van der Waals surface area contributed by atoms with Crippen LogP contribution in [0.15, 0.2) is 24.3 Å². The predicted octanol–water partition coefficient (Wildman–Crippen LogP) is 4.89. The van der Waals surface area contributed by atoms with Crippen molar-refractivity contribution in [2.24, 2.45) is 23.2 Å². The summed E-state index contributed by atoms with van der Waals surface area (Å²) in [6, 6.07) is 8.99. The summed E-state index contributed by atoms with van der Waals surface area (Å²) in [6.45, 7) is 4.12. The molecule has 5 aliphatic rings. The Morgan fingerprint density at radius 2 is 1.81 bits per heavy atom. The molecular weight excluding hydrogens is 396 g/mol. The lowest BCUT2D eigenvalue weighted by Crippen LogP contribution is -2.47. The van der Waals surface area contributed by atoms with E-state index in [9.17, 15) is 4.79 Å². The second kappa shape index (κ2) is 7.72. The number of amides is 1. The van der Waals surface area contributed by atoms with Crippen molar-refractivity contribution in [3.05, 3.63) is 29.8 Å². The Labute approximate surface area is 191 Å². The molecule has 1 amide bonds. The van der Waals surface area contributed by atoms with Gasteiger partial charge in [-0.2, -0.15) is 0 Å². The van der Waals surface area contributed by atoms with Crippen LogP contribution in [0.25, 0.3) is 10.9 Å². The first-order valence-electron chi connectivity index (χ1n) is 12.6. The molecule has 2 heterocycles. The van der Waals surface area contributed by atoms with Gasteiger partial charge in [-0.15, -0.1) is 0 Å². The molecule has 0 radical (unpaired) electrons. The molecule has 4 bridgehead atoms. The van der Waals surface area contributed by atoms with Crippen molar-refractivity contribution in [2.45, 2.75) is 64.3 Å². The highest BCUT2D eigenvalue weighted by atomic mass is 16.1. The summed E-state index contributed by atoms with van der Waals surface area (Å²) < 4.78 is 0. The molecule has 0 spiro atoms. The highest BCUT2D eigenvalue weighted by molar-refractivity contribution is 6.02. The zero-order chi connectivity index (χ0) is 21.9. The van der Waals surface area contributed by atoms with Gasteiger partial charge < -0.3 is 15.5 Å². The second-order valence-corrected chi connectivity index (χ2v) is 11.4. The average Bonchev–Trinajstić information content (AvgIpc) is 3.23. The zero-order valence-corrected chi connectivity index (χ0v) is 19.5. The number of nitrogens with one attached hydrogen (secondary N) is 2. The number of nitrogens with zero attached hydrogens (tertiary/aromatic N) is 2. The molecule has 0 unspecified atom stereocenters. The van der Waals surface area contributed by atoms with Crippen molar-refractivity contribution >= 4 is 28.3 Å². The van der Waals surface area contributed by atoms with Crippen LogP contribution in [0.4, 0.5) is 11.5 Å². The largest absolute Gasteiger partial charge is 0.355 e. The predicted molar refractivity (Wildman–Crippen MR) is 130 cm³/mol. The fourth-order valence-corrected chi connectivity index (χ4v) is 7.88. The number of benzene rings is 1. The Morgan fingerprint density at radius 3 is 2.47 bits per heavy atom. The highest BCUT2D eigenvalue weighted by Gasteiger charge is 2.51. The van der Waals surface area contributed by atoms with E-state index < -0.39 is 0 Å². The second-order valence-electron chi connectivity index (χ2n) is 11.4. The van der Waals surface area contributed by atoms with Crippen LogP contribution in [0.5, 0.6) is 0 Å². The van der Waals surface area contributed by atoms with Crippen LogP contribution >= 0.6 is 0 Å². The third-order valence-corrected chi connectivity index (χ3v) is 8.95. The number of aryl methyl sites for hydroxylation is 1. The van der Waals surface area contributed by atoms with Gasteiger partial charge in [-0.1, -0.05) is 6.07 Å². The normalized spacial score (nSPS) is 33.2. The van der Waals surface area contributed by atoms with Crippen molar-refractivity contribution in [1.29, 1.82) is 0 Å². The number of anilines is 2. The lowest BCUT2D eigenvalue weighted by Gasteiger charge is -2.56. The molecule has 1 saturated heterocycles. The van der Waals surface area contributed by atoms with Crippen LogP contribution in [0.1, 0.15) is 56.9 Å². The molecule has 1 atom stereocenters. The Morgan fingerprint density at radius 1 is 1.09 bits per heavy atom. The van der Waals surface area contributed by atoms with Crippen molar-refractivity contribution in [3.8, 4) is 0 Å². The zero-order valence-electron chi connectivity index (χ0n) is 19.5. The van der Waals surface area contributed by atoms with Gasteiger partial charge in [-0.3, -0.25) is 4.79 Å². The van der Waals surface area contributed by atoms with Crippen molar-refractivity contribution in [2.75, 3.05) is 30.4 Å². The molecule has 4 aliphatic carbocycles. The molecule has 5 fully saturated rings. The molecule has 5 nitrogen and oxygen atoms in total. The van der Waals surface area contributed by atoms with E-state index in [2.05, 4.69) is 46.7 Å². The number of carbonyl (C=O) groups is 1. The molecule has 4 saturated carbocycles. The van der Waals surface area contributed by atoms with Gasteiger partial charge >= 0.3 is 0 Å². The van der Waals surface area contributed by atoms with Crippen LogP contribution in [-0.4, -0.2) is 37.1 Å². The summed E-state index contributed by atoms with van der Waals surface area (Å²) >= 11 is 0. The molecule has 2 N–H and O–H groups in total. The first-order chi connectivity index (χ1) is 15.5. The first kappa shape index (κ1) is 20.5. The average molecular weight is 433 g/mol.